The summed E-state index contributed by atoms with van der Waals surface area (Å²) in [5.74, 6) is 1.19. The molecule has 0 N–H and O–H groups in total. The quantitative estimate of drug-likeness (QED) is 0.400. The average Bonchev–Trinajstić information content (AvgIpc) is 2.15. The molecule has 0 nitrogen and oxygen atoms in total. The highest BCUT2D eigenvalue weighted by molar-refractivity contribution is 5.07. The zero-order valence-corrected chi connectivity index (χ0v) is 10.8. The predicted octanol–water partition coefficient (Wildman–Crippen LogP) is 5.14. The molecule has 0 aliphatic rings. The molecule has 2 unspecified atom stereocenters. The standard InChI is InChI=1S/C15H26/c1-7-8-9-10-13(4)15(6)14(5)11-12(2)3/h7,11,14-15H,1,4,8-10H2,2-3,5-6H3. The first-order valence-electron chi connectivity index (χ1n) is 5.92. The van der Waals surface area contributed by atoms with Crippen LogP contribution in [0.1, 0.15) is 47.0 Å². The highest BCUT2D eigenvalue weighted by atomic mass is 14.2. The summed E-state index contributed by atoms with van der Waals surface area (Å²) < 4.78 is 0. The molecule has 0 heterocycles. The van der Waals surface area contributed by atoms with Crippen LogP contribution in [-0.2, 0) is 0 Å². The number of rotatable bonds is 7. The van der Waals surface area contributed by atoms with E-state index in [4.69, 9.17) is 0 Å². The Labute approximate surface area is 95.8 Å². The predicted molar refractivity (Wildman–Crippen MR) is 70.9 cm³/mol. The fourth-order valence-electron chi connectivity index (χ4n) is 1.74. The highest BCUT2D eigenvalue weighted by Gasteiger charge is 2.12. The molecule has 0 aliphatic carbocycles. The maximum Gasteiger partial charge on any atom is -0.0174 e. The van der Waals surface area contributed by atoms with E-state index < -0.39 is 0 Å². The number of allylic oxidation sites excluding steroid dienone is 4. The van der Waals surface area contributed by atoms with E-state index in [0.29, 0.717) is 11.8 Å². The summed E-state index contributed by atoms with van der Waals surface area (Å²) in [5.41, 5.74) is 2.77. The van der Waals surface area contributed by atoms with E-state index >= 15 is 0 Å². The lowest BCUT2D eigenvalue weighted by atomic mass is 9.86. The highest BCUT2D eigenvalue weighted by Crippen LogP contribution is 2.24. The van der Waals surface area contributed by atoms with E-state index in [1.807, 2.05) is 6.08 Å². The number of hydrogen-bond acceptors (Lipinski definition) is 0. The summed E-state index contributed by atoms with van der Waals surface area (Å²) in [6.45, 7) is 16.8. The zero-order chi connectivity index (χ0) is 11.8. The second-order valence-electron chi connectivity index (χ2n) is 4.73. The Hall–Kier alpha value is -0.780. The minimum Gasteiger partial charge on any atom is -0.103 e. The summed E-state index contributed by atoms with van der Waals surface area (Å²) in [6.07, 6.45) is 7.74. The topological polar surface area (TPSA) is 0 Å². The van der Waals surface area contributed by atoms with Crippen molar-refractivity contribution in [2.24, 2.45) is 11.8 Å². The van der Waals surface area contributed by atoms with Gasteiger partial charge in [0, 0.05) is 0 Å². The van der Waals surface area contributed by atoms with Crippen molar-refractivity contribution in [2.75, 3.05) is 0 Å². The van der Waals surface area contributed by atoms with Crippen molar-refractivity contribution in [1.82, 2.24) is 0 Å². The maximum atomic E-state index is 4.19. The smallest absolute Gasteiger partial charge is 0.0174 e. The summed E-state index contributed by atoms with van der Waals surface area (Å²) in [5, 5.41) is 0. The van der Waals surface area contributed by atoms with Gasteiger partial charge in [0.05, 0.1) is 0 Å². The van der Waals surface area contributed by atoms with Crippen molar-refractivity contribution >= 4 is 0 Å². The molecule has 0 aromatic rings. The molecule has 0 aliphatic heterocycles. The first-order valence-corrected chi connectivity index (χ1v) is 5.92. The van der Waals surface area contributed by atoms with Gasteiger partial charge in [0.1, 0.15) is 0 Å². The molecule has 0 saturated heterocycles. The maximum absolute atomic E-state index is 4.19. The molecule has 0 radical (unpaired) electrons. The summed E-state index contributed by atoms with van der Waals surface area (Å²) in [7, 11) is 0. The molecule has 0 aromatic carbocycles. The minimum absolute atomic E-state index is 0.588. The van der Waals surface area contributed by atoms with Gasteiger partial charge in [-0.25, -0.2) is 0 Å². The Morgan fingerprint density at radius 3 is 2.33 bits per heavy atom. The van der Waals surface area contributed by atoms with Crippen LogP contribution in [0.5, 0.6) is 0 Å². The molecule has 0 bridgehead atoms. The normalized spacial score (nSPS) is 14.1. The van der Waals surface area contributed by atoms with Crippen molar-refractivity contribution < 1.29 is 0 Å². The SMILES string of the molecule is C=CCCCC(=C)C(C)C(C)C=C(C)C. The lowest BCUT2D eigenvalue weighted by Gasteiger charge is -2.20. The lowest BCUT2D eigenvalue weighted by Crippen LogP contribution is -2.08. The van der Waals surface area contributed by atoms with Gasteiger partial charge in [0.15, 0.2) is 0 Å². The Morgan fingerprint density at radius 1 is 1.27 bits per heavy atom. The first-order chi connectivity index (χ1) is 6.99. The molecule has 0 aromatic heterocycles. The van der Waals surface area contributed by atoms with Crippen LogP contribution < -0.4 is 0 Å². The van der Waals surface area contributed by atoms with E-state index in [2.05, 4.69) is 46.9 Å². The second-order valence-corrected chi connectivity index (χ2v) is 4.73. The Kier molecular flexibility index (Phi) is 7.11. The van der Waals surface area contributed by atoms with E-state index in [1.54, 1.807) is 0 Å². The Balaban J connectivity index is 4.07. The van der Waals surface area contributed by atoms with Crippen molar-refractivity contribution in [2.45, 2.75) is 47.0 Å². The second kappa shape index (κ2) is 7.50. The van der Waals surface area contributed by atoms with Gasteiger partial charge in [0.2, 0.25) is 0 Å². The van der Waals surface area contributed by atoms with Gasteiger partial charge in [-0.3, -0.25) is 0 Å². The molecule has 0 heteroatoms. The lowest BCUT2D eigenvalue weighted by molar-refractivity contribution is 0.507. The molecule has 86 valence electrons. The Bertz CT molecular complexity index is 228. The van der Waals surface area contributed by atoms with Gasteiger partial charge in [-0.2, -0.15) is 0 Å². The van der Waals surface area contributed by atoms with Crippen molar-refractivity contribution in [3.8, 4) is 0 Å². The molecule has 0 saturated carbocycles. The van der Waals surface area contributed by atoms with E-state index in [0.717, 1.165) is 12.8 Å². The van der Waals surface area contributed by atoms with Gasteiger partial charge in [-0.15, -0.1) is 6.58 Å². The van der Waals surface area contributed by atoms with Crippen LogP contribution in [-0.4, -0.2) is 0 Å². The molecular formula is C15H26. The molecule has 0 amide bonds. The van der Waals surface area contributed by atoms with Crippen molar-refractivity contribution in [1.29, 1.82) is 0 Å². The molecular weight excluding hydrogens is 180 g/mol. The van der Waals surface area contributed by atoms with Gasteiger partial charge < -0.3 is 0 Å². The van der Waals surface area contributed by atoms with Gasteiger partial charge in [-0.05, 0) is 44.9 Å². The molecule has 0 fully saturated rings. The zero-order valence-electron chi connectivity index (χ0n) is 10.8. The third kappa shape index (κ3) is 6.33. The van der Waals surface area contributed by atoms with Gasteiger partial charge in [0.25, 0.3) is 0 Å². The van der Waals surface area contributed by atoms with Crippen LogP contribution in [0.25, 0.3) is 0 Å². The largest absolute Gasteiger partial charge is 0.103 e. The third-order valence-corrected chi connectivity index (χ3v) is 2.93. The van der Waals surface area contributed by atoms with Gasteiger partial charge >= 0.3 is 0 Å². The number of hydrogen-bond donors (Lipinski definition) is 0. The van der Waals surface area contributed by atoms with Crippen LogP contribution in [0.2, 0.25) is 0 Å². The van der Waals surface area contributed by atoms with Crippen LogP contribution >= 0.6 is 0 Å². The van der Waals surface area contributed by atoms with Crippen LogP contribution in [0.3, 0.4) is 0 Å². The fourth-order valence-corrected chi connectivity index (χ4v) is 1.74. The Morgan fingerprint density at radius 2 is 1.87 bits per heavy atom. The van der Waals surface area contributed by atoms with E-state index in [9.17, 15) is 0 Å². The van der Waals surface area contributed by atoms with Gasteiger partial charge in [-0.1, -0.05) is 43.7 Å². The summed E-state index contributed by atoms with van der Waals surface area (Å²) >= 11 is 0. The molecule has 2 atom stereocenters. The van der Waals surface area contributed by atoms with Crippen LogP contribution in [0.15, 0.2) is 36.5 Å². The first kappa shape index (κ1) is 14.2. The van der Waals surface area contributed by atoms with Crippen molar-refractivity contribution in [3.63, 3.8) is 0 Å². The molecule has 0 spiro atoms. The fraction of sp³-hybridized carbons (Fsp3) is 0.600. The van der Waals surface area contributed by atoms with E-state index in [-0.39, 0.29) is 0 Å². The van der Waals surface area contributed by atoms with Crippen LogP contribution in [0, 0.1) is 11.8 Å². The van der Waals surface area contributed by atoms with Crippen LogP contribution in [0.4, 0.5) is 0 Å². The monoisotopic (exact) mass is 206 g/mol. The summed E-state index contributed by atoms with van der Waals surface area (Å²) in [4.78, 5) is 0. The van der Waals surface area contributed by atoms with Crippen molar-refractivity contribution in [3.05, 3.63) is 36.5 Å². The summed E-state index contributed by atoms with van der Waals surface area (Å²) in [6, 6.07) is 0. The minimum atomic E-state index is 0.588. The molecule has 0 rings (SSSR count). The average molecular weight is 206 g/mol. The van der Waals surface area contributed by atoms with E-state index in [1.165, 1.54) is 17.6 Å². The molecule has 15 heavy (non-hydrogen) atoms. The number of unbranched alkanes of at least 4 members (excludes halogenated alkanes) is 1. The third-order valence-electron chi connectivity index (χ3n) is 2.93.